The predicted octanol–water partition coefficient (Wildman–Crippen LogP) is 5.11. The average Bonchev–Trinajstić information content (AvgIpc) is 3.39. The Hall–Kier alpha value is -4.02. The van der Waals surface area contributed by atoms with Crippen molar-refractivity contribution in [2.75, 3.05) is 6.61 Å². The molecule has 9 nitrogen and oxygen atoms in total. The fourth-order valence-electron chi connectivity index (χ4n) is 4.97. The van der Waals surface area contributed by atoms with Crippen LogP contribution in [0.25, 0.3) is 10.4 Å². The van der Waals surface area contributed by atoms with Crippen LogP contribution in [-0.4, -0.2) is 54.9 Å². The minimum atomic E-state index is -1.22. The first-order chi connectivity index (χ1) is 20.0. The zero-order chi connectivity index (χ0) is 30.4. The number of ether oxygens (including phenoxy) is 5. The quantitative estimate of drug-likeness (QED) is 0.246. The van der Waals surface area contributed by atoms with Crippen LogP contribution >= 0.6 is 11.3 Å². The third-order valence-electron chi connectivity index (χ3n) is 6.78. The Morgan fingerprint density at radius 3 is 2.05 bits per heavy atom. The van der Waals surface area contributed by atoms with Crippen LogP contribution in [0, 0.1) is 6.92 Å². The molecule has 5 atom stereocenters. The molecule has 10 heteroatoms. The van der Waals surface area contributed by atoms with E-state index >= 15 is 0 Å². The minimum absolute atomic E-state index is 0.273. The fraction of sp³-hybridized carbons (Fsp3) is 0.375. The molecule has 2 aromatic carbocycles. The van der Waals surface area contributed by atoms with Gasteiger partial charge in [0.15, 0.2) is 18.3 Å². The maximum atomic E-state index is 12.2. The summed E-state index contributed by atoms with van der Waals surface area (Å²) in [6, 6.07) is 20.1. The molecule has 1 aromatic heterocycles. The topological polar surface area (TPSA) is 114 Å². The van der Waals surface area contributed by atoms with Gasteiger partial charge in [-0.3, -0.25) is 19.2 Å². The molecule has 222 valence electrons. The van der Waals surface area contributed by atoms with E-state index in [1.807, 2.05) is 43.3 Å². The summed E-state index contributed by atoms with van der Waals surface area (Å²) in [7, 11) is 0. The second-order valence-corrected chi connectivity index (χ2v) is 11.3. The number of rotatable bonds is 9. The molecule has 0 bridgehead atoms. The van der Waals surface area contributed by atoms with E-state index in [2.05, 4.69) is 24.3 Å². The zero-order valence-corrected chi connectivity index (χ0v) is 25.0. The van der Waals surface area contributed by atoms with Crippen LogP contribution < -0.4 is 0 Å². The normalized spacial score (nSPS) is 21.7. The molecule has 0 aliphatic carbocycles. The van der Waals surface area contributed by atoms with Crippen molar-refractivity contribution in [3.05, 3.63) is 82.2 Å². The monoisotopic (exact) mass is 594 g/mol. The van der Waals surface area contributed by atoms with Gasteiger partial charge in [-0.05, 0) is 41.3 Å². The molecule has 1 aliphatic rings. The van der Waals surface area contributed by atoms with Gasteiger partial charge in [-0.25, -0.2) is 0 Å². The third-order valence-corrected chi connectivity index (χ3v) is 7.91. The summed E-state index contributed by atoms with van der Waals surface area (Å²) in [6.45, 7) is 6.61. The van der Waals surface area contributed by atoms with Crippen molar-refractivity contribution >= 4 is 35.2 Å². The van der Waals surface area contributed by atoms with Crippen molar-refractivity contribution in [2.45, 2.75) is 71.6 Å². The Kier molecular flexibility index (Phi) is 10.1. The van der Waals surface area contributed by atoms with E-state index in [9.17, 15) is 19.2 Å². The fourth-order valence-corrected chi connectivity index (χ4v) is 6.01. The summed E-state index contributed by atoms with van der Waals surface area (Å²) in [6.07, 6.45) is -4.83. The van der Waals surface area contributed by atoms with Crippen LogP contribution in [-0.2, 0) is 49.3 Å². The van der Waals surface area contributed by atoms with Gasteiger partial charge in [0, 0.05) is 43.9 Å². The molecule has 0 N–H and O–H groups in total. The summed E-state index contributed by atoms with van der Waals surface area (Å²) >= 11 is 1.71. The van der Waals surface area contributed by atoms with Gasteiger partial charge >= 0.3 is 23.9 Å². The molecule has 1 fully saturated rings. The lowest BCUT2D eigenvalue weighted by Crippen LogP contribution is -2.59. The van der Waals surface area contributed by atoms with Crippen LogP contribution in [0.3, 0.4) is 0 Å². The number of benzene rings is 2. The number of carbonyl (C=O) groups excluding carboxylic acids is 4. The highest BCUT2D eigenvalue weighted by molar-refractivity contribution is 7.15. The first-order valence-corrected chi connectivity index (χ1v) is 14.4. The van der Waals surface area contributed by atoms with E-state index in [1.165, 1.54) is 32.6 Å². The average molecular weight is 595 g/mol. The van der Waals surface area contributed by atoms with Crippen molar-refractivity contribution in [1.29, 1.82) is 0 Å². The Bertz CT molecular complexity index is 1430. The van der Waals surface area contributed by atoms with Gasteiger partial charge < -0.3 is 23.7 Å². The van der Waals surface area contributed by atoms with Crippen LogP contribution in [0.4, 0.5) is 0 Å². The summed E-state index contributed by atoms with van der Waals surface area (Å²) in [5.74, 6) is -2.54. The number of hydrogen-bond donors (Lipinski definition) is 0. The smallest absolute Gasteiger partial charge is 0.303 e. The predicted molar refractivity (Wildman–Crippen MR) is 155 cm³/mol. The Balaban J connectivity index is 1.71. The highest BCUT2D eigenvalue weighted by Gasteiger charge is 2.52. The van der Waals surface area contributed by atoms with E-state index in [0.29, 0.717) is 12.0 Å². The molecular weight excluding hydrogens is 560 g/mol. The highest BCUT2D eigenvalue weighted by atomic mass is 32.1. The number of aryl methyl sites for hydroxylation is 1. The van der Waals surface area contributed by atoms with Crippen LogP contribution in [0.1, 0.15) is 55.4 Å². The molecule has 0 unspecified atom stereocenters. The molecule has 1 saturated heterocycles. The van der Waals surface area contributed by atoms with Crippen LogP contribution in [0.2, 0.25) is 0 Å². The van der Waals surface area contributed by atoms with Gasteiger partial charge in [-0.1, -0.05) is 48.5 Å². The number of esters is 4. The van der Waals surface area contributed by atoms with Gasteiger partial charge in [0.2, 0.25) is 0 Å². The van der Waals surface area contributed by atoms with Crippen LogP contribution in [0.5, 0.6) is 0 Å². The lowest BCUT2D eigenvalue weighted by atomic mass is 9.88. The first-order valence-electron chi connectivity index (χ1n) is 13.6. The van der Waals surface area contributed by atoms with Crippen molar-refractivity contribution < 1.29 is 42.9 Å². The summed E-state index contributed by atoms with van der Waals surface area (Å²) in [5, 5.41) is 0. The molecule has 0 spiro atoms. The third kappa shape index (κ3) is 7.83. The first kappa shape index (κ1) is 30.9. The standard InChI is InChI=1S/C32H34O9S/c1-18-11-12-24(15-25(18)16-26-13-14-28(42-26)23-9-7-6-8-10-23)29-31(39-21(4)35)32(40-22(5)36)30(38-20(3)34)27(41-29)17-37-19(2)33/h6-15,27,29-32H,16-17H2,1-5H3/t27-,29+,30-,31+,32+/m1/s1. The lowest BCUT2D eigenvalue weighted by molar-refractivity contribution is -0.254. The molecule has 0 radical (unpaired) electrons. The van der Waals surface area contributed by atoms with Crippen molar-refractivity contribution in [3.8, 4) is 10.4 Å². The van der Waals surface area contributed by atoms with Gasteiger partial charge in [0.25, 0.3) is 0 Å². The van der Waals surface area contributed by atoms with Gasteiger partial charge in [0.05, 0.1) is 0 Å². The Labute approximate surface area is 248 Å². The lowest BCUT2D eigenvalue weighted by Gasteiger charge is -2.44. The van der Waals surface area contributed by atoms with Crippen molar-refractivity contribution in [2.24, 2.45) is 0 Å². The maximum Gasteiger partial charge on any atom is 0.303 e. The maximum absolute atomic E-state index is 12.2. The molecule has 2 heterocycles. The molecule has 1 aliphatic heterocycles. The molecule has 4 rings (SSSR count). The number of thiophene rings is 1. The molecular formula is C32H34O9S. The molecule has 0 amide bonds. The SMILES string of the molecule is CC(=O)OC[C@H]1O[C@@H](c2ccc(C)c(Cc3ccc(-c4ccccc4)s3)c2)[C@H](OC(C)=O)[C@@H](OC(C)=O)[C@@H]1OC(C)=O. The van der Waals surface area contributed by atoms with Crippen molar-refractivity contribution in [3.63, 3.8) is 0 Å². The molecule has 3 aromatic rings. The Morgan fingerprint density at radius 1 is 0.762 bits per heavy atom. The minimum Gasteiger partial charge on any atom is -0.463 e. The van der Waals surface area contributed by atoms with Gasteiger partial charge in [-0.2, -0.15) is 0 Å². The summed E-state index contributed by atoms with van der Waals surface area (Å²) < 4.78 is 28.3. The summed E-state index contributed by atoms with van der Waals surface area (Å²) in [5.41, 5.74) is 3.89. The van der Waals surface area contributed by atoms with E-state index in [4.69, 9.17) is 23.7 Å². The van der Waals surface area contributed by atoms with Gasteiger partial charge in [-0.15, -0.1) is 11.3 Å². The molecule has 42 heavy (non-hydrogen) atoms. The van der Waals surface area contributed by atoms with E-state index in [-0.39, 0.29) is 6.61 Å². The van der Waals surface area contributed by atoms with Crippen molar-refractivity contribution in [1.82, 2.24) is 0 Å². The second-order valence-electron chi connectivity index (χ2n) is 10.1. The molecule has 0 saturated carbocycles. The zero-order valence-electron chi connectivity index (χ0n) is 24.2. The largest absolute Gasteiger partial charge is 0.463 e. The number of carbonyl (C=O) groups is 4. The number of hydrogen-bond acceptors (Lipinski definition) is 10. The summed E-state index contributed by atoms with van der Waals surface area (Å²) in [4.78, 5) is 50.4. The second kappa shape index (κ2) is 13.8. The van der Waals surface area contributed by atoms with Crippen LogP contribution in [0.15, 0.2) is 60.7 Å². The highest BCUT2D eigenvalue weighted by Crippen LogP contribution is 2.39. The van der Waals surface area contributed by atoms with E-state index < -0.39 is 54.4 Å². The Morgan fingerprint density at radius 2 is 1.40 bits per heavy atom. The van der Waals surface area contributed by atoms with E-state index in [1.54, 1.807) is 11.3 Å². The van der Waals surface area contributed by atoms with E-state index in [0.717, 1.165) is 21.6 Å². The van der Waals surface area contributed by atoms with Gasteiger partial charge in [0.1, 0.15) is 18.8 Å².